The van der Waals surface area contributed by atoms with Gasteiger partial charge >= 0.3 is 0 Å². The number of nitrogens with zero attached hydrogens (tertiary/aromatic N) is 2. The Morgan fingerprint density at radius 1 is 1.30 bits per heavy atom. The maximum atomic E-state index is 4.74. The zero-order valence-corrected chi connectivity index (χ0v) is 14.9. The van der Waals surface area contributed by atoms with E-state index >= 15 is 0 Å². The third kappa shape index (κ3) is 5.65. The Hall–Kier alpha value is -0.220. The minimum atomic E-state index is 0.454. The van der Waals surface area contributed by atoms with Gasteiger partial charge in [0.1, 0.15) is 0 Å². The Bertz CT molecular complexity index is 298. The molecule has 0 aromatic rings. The normalized spacial score (nSPS) is 18.4. The minimum absolute atomic E-state index is 0.454. The zero-order chi connectivity index (χ0) is 15.0. The molecule has 0 saturated heterocycles. The van der Waals surface area contributed by atoms with E-state index in [-0.39, 0.29) is 0 Å². The number of unbranched alkanes of at least 4 members (excludes halogenated alkanes) is 1. The van der Waals surface area contributed by atoms with Gasteiger partial charge in [0.15, 0.2) is 5.17 Å². The van der Waals surface area contributed by atoms with E-state index in [1.54, 1.807) is 0 Å². The molecule has 0 amide bonds. The fraction of sp³-hybridized carbons (Fsp3) is 0.938. The van der Waals surface area contributed by atoms with Crippen molar-refractivity contribution in [2.45, 2.75) is 59.4 Å². The van der Waals surface area contributed by atoms with Crippen molar-refractivity contribution in [3.63, 3.8) is 0 Å². The van der Waals surface area contributed by atoms with E-state index in [1.807, 2.05) is 11.8 Å². The van der Waals surface area contributed by atoms with E-state index in [2.05, 4.69) is 45.0 Å². The summed E-state index contributed by atoms with van der Waals surface area (Å²) in [7, 11) is 2.20. The van der Waals surface area contributed by atoms with Crippen molar-refractivity contribution in [3.05, 3.63) is 0 Å². The molecule has 1 N–H and O–H groups in total. The molecular weight excluding hydrogens is 266 g/mol. The van der Waals surface area contributed by atoms with Gasteiger partial charge in [-0.2, -0.15) is 0 Å². The van der Waals surface area contributed by atoms with Crippen molar-refractivity contribution >= 4 is 16.9 Å². The van der Waals surface area contributed by atoms with E-state index in [0.717, 1.165) is 13.1 Å². The van der Waals surface area contributed by atoms with Crippen molar-refractivity contribution < 1.29 is 0 Å². The summed E-state index contributed by atoms with van der Waals surface area (Å²) in [6.07, 6.45) is 4.97. The molecule has 1 aliphatic heterocycles. The molecule has 0 spiro atoms. The third-order valence-electron chi connectivity index (χ3n) is 4.67. The first-order valence-corrected chi connectivity index (χ1v) is 9.13. The van der Waals surface area contributed by atoms with Crippen LogP contribution >= 0.6 is 11.8 Å². The summed E-state index contributed by atoms with van der Waals surface area (Å²) in [5.74, 6) is 1.22. The molecular formula is C16H33N3S. The van der Waals surface area contributed by atoms with Crippen molar-refractivity contribution in [2.75, 3.05) is 32.4 Å². The second-order valence-electron chi connectivity index (χ2n) is 6.33. The molecule has 0 aromatic heterocycles. The molecule has 1 rings (SSSR count). The summed E-state index contributed by atoms with van der Waals surface area (Å²) < 4.78 is 0. The Morgan fingerprint density at radius 3 is 2.50 bits per heavy atom. The number of aliphatic imine (C=N–C) groups is 1. The second-order valence-corrected chi connectivity index (χ2v) is 7.29. The van der Waals surface area contributed by atoms with Crippen molar-refractivity contribution in [1.82, 2.24) is 10.2 Å². The quantitative estimate of drug-likeness (QED) is 0.694. The summed E-state index contributed by atoms with van der Waals surface area (Å²) in [6.45, 7) is 12.3. The zero-order valence-electron chi connectivity index (χ0n) is 14.0. The number of rotatable bonds is 8. The Morgan fingerprint density at radius 2 is 2.00 bits per heavy atom. The predicted molar refractivity (Wildman–Crippen MR) is 92.8 cm³/mol. The fourth-order valence-electron chi connectivity index (χ4n) is 2.28. The predicted octanol–water partition coefficient (Wildman–Crippen LogP) is 3.61. The first-order chi connectivity index (χ1) is 9.53. The third-order valence-corrected chi connectivity index (χ3v) is 5.97. The lowest BCUT2D eigenvalue weighted by molar-refractivity contribution is 0.268. The lowest BCUT2D eigenvalue weighted by Crippen LogP contribution is -2.35. The molecule has 20 heavy (non-hydrogen) atoms. The molecule has 0 saturated carbocycles. The number of nitrogens with one attached hydrogen (secondary N) is 1. The highest BCUT2D eigenvalue weighted by Gasteiger charge is 2.29. The van der Waals surface area contributed by atoms with Crippen molar-refractivity contribution in [1.29, 1.82) is 0 Å². The van der Waals surface area contributed by atoms with Crippen LogP contribution in [-0.2, 0) is 0 Å². The Kier molecular flexibility index (Phi) is 7.96. The Labute approximate surface area is 130 Å². The van der Waals surface area contributed by atoms with E-state index < -0.39 is 0 Å². The van der Waals surface area contributed by atoms with Crippen molar-refractivity contribution in [3.8, 4) is 0 Å². The van der Waals surface area contributed by atoms with Crippen LogP contribution in [-0.4, -0.2) is 48.5 Å². The summed E-state index contributed by atoms with van der Waals surface area (Å²) in [4.78, 5) is 7.15. The van der Waals surface area contributed by atoms with E-state index in [9.17, 15) is 0 Å². The van der Waals surface area contributed by atoms with Crippen LogP contribution < -0.4 is 5.32 Å². The smallest absolute Gasteiger partial charge is 0.156 e. The lowest BCUT2D eigenvalue weighted by atomic mass is 9.84. The van der Waals surface area contributed by atoms with Crippen LogP contribution in [0.3, 0.4) is 0 Å². The highest BCUT2D eigenvalue weighted by Crippen LogP contribution is 2.34. The average molecular weight is 300 g/mol. The summed E-state index contributed by atoms with van der Waals surface area (Å²) >= 11 is 1.92. The van der Waals surface area contributed by atoms with Crippen LogP contribution in [0.2, 0.25) is 0 Å². The summed E-state index contributed by atoms with van der Waals surface area (Å²) in [5, 5.41) is 4.67. The fourth-order valence-corrected chi connectivity index (χ4v) is 3.58. The lowest BCUT2D eigenvalue weighted by Gasteiger charge is -2.33. The number of hydrogen-bond donors (Lipinski definition) is 1. The molecule has 0 radical (unpaired) electrons. The standard InChI is InChI=1S/C16H33N3S/c1-6-16(7-2)12-18-15(20-13-16)17-10-8-9-11-19(5)14(3)4/h14H,6-13H2,1-5H3,(H,17,18). The van der Waals surface area contributed by atoms with Crippen LogP contribution in [0, 0.1) is 5.41 Å². The maximum Gasteiger partial charge on any atom is 0.156 e. The topological polar surface area (TPSA) is 27.6 Å². The highest BCUT2D eigenvalue weighted by atomic mass is 32.2. The van der Waals surface area contributed by atoms with Gasteiger partial charge in [0.25, 0.3) is 0 Å². The number of amidine groups is 1. The molecule has 1 aliphatic rings. The molecule has 0 aromatic carbocycles. The molecule has 1 heterocycles. The van der Waals surface area contributed by atoms with Gasteiger partial charge in [-0.3, -0.25) is 4.99 Å². The van der Waals surface area contributed by atoms with Crippen LogP contribution in [0.5, 0.6) is 0 Å². The second kappa shape index (κ2) is 8.93. The van der Waals surface area contributed by atoms with Gasteiger partial charge < -0.3 is 10.2 Å². The van der Waals surface area contributed by atoms with Gasteiger partial charge in [0, 0.05) is 24.9 Å². The van der Waals surface area contributed by atoms with Crippen LogP contribution in [0.15, 0.2) is 4.99 Å². The minimum Gasteiger partial charge on any atom is -0.365 e. The van der Waals surface area contributed by atoms with Gasteiger partial charge in [0.2, 0.25) is 0 Å². The first kappa shape index (κ1) is 17.8. The van der Waals surface area contributed by atoms with Crippen LogP contribution in [0.1, 0.15) is 53.4 Å². The van der Waals surface area contributed by atoms with Gasteiger partial charge in [-0.05, 0) is 58.5 Å². The van der Waals surface area contributed by atoms with Gasteiger partial charge in [-0.1, -0.05) is 25.6 Å². The maximum absolute atomic E-state index is 4.74. The first-order valence-electron chi connectivity index (χ1n) is 8.14. The summed E-state index contributed by atoms with van der Waals surface area (Å²) in [5.41, 5.74) is 0.454. The monoisotopic (exact) mass is 299 g/mol. The molecule has 4 heteroatoms. The summed E-state index contributed by atoms with van der Waals surface area (Å²) in [6, 6.07) is 0.650. The molecule has 118 valence electrons. The number of thioether (sulfide) groups is 1. The molecule has 0 atom stereocenters. The van der Waals surface area contributed by atoms with Gasteiger partial charge in [-0.25, -0.2) is 0 Å². The number of hydrogen-bond acceptors (Lipinski definition) is 4. The molecule has 0 fully saturated rings. The average Bonchev–Trinajstić information content (AvgIpc) is 2.47. The van der Waals surface area contributed by atoms with Gasteiger partial charge in [0.05, 0.1) is 0 Å². The highest BCUT2D eigenvalue weighted by molar-refractivity contribution is 8.13. The largest absolute Gasteiger partial charge is 0.365 e. The van der Waals surface area contributed by atoms with E-state index in [0.29, 0.717) is 11.5 Å². The molecule has 3 nitrogen and oxygen atoms in total. The molecule has 0 unspecified atom stereocenters. The van der Waals surface area contributed by atoms with Crippen LogP contribution in [0.4, 0.5) is 0 Å². The van der Waals surface area contributed by atoms with E-state index in [1.165, 1.54) is 43.1 Å². The van der Waals surface area contributed by atoms with Crippen LogP contribution in [0.25, 0.3) is 0 Å². The molecule has 0 aliphatic carbocycles. The SMILES string of the molecule is CCC1(CC)CN=C(NCCCCN(C)C(C)C)SC1. The Balaban J connectivity index is 2.16. The van der Waals surface area contributed by atoms with Crippen molar-refractivity contribution in [2.24, 2.45) is 10.4 Å². The van der Waals surface area contributed by atoms with Gasteiger partial charge in [-0.15, -0.1) is 0 Å². The molecule has 0 bridgehead atoms. The van der Waals surface area contributed by atoms with E-state index in [4.69, 9.17) is 4.99 Å².